The summed E-state index contributed by atoms with van der Waals surface area (Å²) in [7, 11) is -0.502. The number of nitrogens with zero attached hydrogens (tertiary/aromatic N) is 1. The van der Waals surface area contributed by atoms with E-state index in [9.17, 15) is 8.42 Å². The molecule has 0 amide bonds. The quantitative estimate of drug-likeness (QED) is 0.719. The highest BCUT2D eigenvalue weighted by molar-refractivity contribution is 7.89. The molecule has 1 aromatic carbocycles. The summed E-state index contributed by atoms with van der Waals surface area (Å²) in [5.41, 5.74) is 12.4. The lowest BCUT2D eigenvalue weighted by Crippen LogP contribution is -2.23. The van der Waals surface area contributed by atoms with E-state index in [2.05, 4.69) is 0 Å². The lowest BCUT2D eigenvalue weighted by molar-refractivity contribution is 0.520. The van der Waals surface area contributed by atoms with E-state index in [1.165, 1.54) is 20.2 Å². The molecule has 0 heterocycles. The Morgan fingerprint density at radius 3 is 2.07 bits per heavy atom. The van der Waals surface area contributed by atoms with E-state index in [0.717, 1.165) is 4.31 Å². The topological polar surface area (TPSA) is 89.4 Å². The molecule has 1 aromatic rings. The van der Waals surface area contributed by atoms with Crippen molar-refractivity contribution in [1.29, 1.82) is 0 Å². The number of hydrogen-bond acceptors (Lipinski definition) is 4. The maximum atomic E-state index is 11.8. The number of aryl methyl sites for hydroxylation is 1. The highest BCUT2D eigenvalue weighted by atomic mass is 32.2. The van der Waals surface area contributed by atoms with Crippen LogP contribution in [0.15, 0.2) is 17.0 Å². The van der Waals surface area contributed by atoms with E-state index in [4.69, 9.17) is 11.5 Å². The van der Waals surface area contributed by atoms with Gasteiger partial charge in [-0.15, -0.1) is 0 Å². The Hall–Kier alpha value is -1.27. The maximum absolute atomic E-state index is 11.8. The van der Waals surface area contributed by atoms with Gasteiger partial charge in [-0.05, 0) is 24.6 Å². The first-order chi connectivity index (χ1) is 6.76. The van der Waals surface area contributed by atoms with E-state index < -0.39 is 10.0 Å². The van der Waals surface area contributed by atoms with Crippen molar-refractivity contribution in [2.24, 2.45) is 0 Å². The molecule has 0 unspecified atom stereocenters. The van der Waals surface area contributed by atoms with Gasteiger partial charge in [-0.25, -0.2) is 12.7 Å². The Labute approximate surface area is 89.7 Å². The standard InChI is InChI=1S/C9H15N3O2S/c1-6-4-7(10)8(11)5-9(6)15(13,14)12(2)3/h4-5H,10-11H2,1-3H3. The van der Waals surface area contributed by atoms with Gasteiger partial charge >= 0.3 is 0 Å². The molecule has 0 saturated heterocycles. The minimum absolute atomic E-state index is 0.194. The highest BCUT2D eigenvalue weighted by Crippen LogP contribution is 2.25. The molecule has 0 fully saturated rings. The fraction of sp³-hybridized carbons (Fsp3) is 0.333. The van der Waals surface area contributed by atoms with Crippen molar-refractivity contribution < 1.29 is 8.42 Å². The minimum atomic E-state index is -3.45. The second-order valence-corrected chi connectivity index (χ2v) is 5.65. The van der Waals surface area contributed by atoms with Gasteiger partial charge in [-0.1, -0.05) is 0 Å². The minimum Gasteiger partial charge on any atom is -0.397 e. The first kappa shape index (κ1) is 11.8. The number of rotatable bonds is 2. The molecule has 0 aliphatic rings. The molecule has 0 saturated carbocycles. The summed E-state index contributed by atoms with van der Waals surface area (Å²) in [4.78, 5) is 0.194. The first-order valence-electron chi connectivity index (χ1n) is 4.35. The third-order valence-corrected chi connectivity index (χ3v) is 4.10. The van der Waals surface area contributed by atoms with Crippen molar-refractivity contribution in [3.05, 3.63) is 17.7 Å². The van der Waals surface area contributed by atoms with Crippen LogP contribution < -0.4 is 11.5 Å². The van der Waals surface area contributed by atoms with Crippen LogP contribution in [0.5, 0.6) is 0 Å². The van der Waals surface area contributed by atoms with E-state index in [1.54, 1.807) is 13.0 Å². The Balaban J connectivity index is 3.46. The van der Waals surface area contributed by atoms with Crippen molar-refractivity contribution in [3.63, 3.8) is 0 Å². The monoisotopic (exact) mass is 229 g/mol. The molecule has 0 atom stereocenters. The molecule has 0 spiro atoms. The van der Waals surface area contributed by atoms with Crippen LogP contribution in [-0.4, -0.2) is 26.8 Å². The van der Waals surface area contributed by atoms with E-state index >= 15 is 0 Å². The highest BCUT2D eigenvalue weighted by Gasteiger charge is 2.20. The molecule has 84 valence electrons. The van der Waals surface area contributed by atoms with Gasteiger partial charge in [0, 0.05) is 14.1 Å². The zero-order chi connectivity index (χ0) is 11.8. The Morgan fingerprint density at radius 1 is 1.13 bits per heavy atom. The molecule has 0 radical (unpaired) electrons. The van der Waals surface area contributed by atoms with Crippen LogP contribution >= 0.6 is 0 Å². The van der Waals surface area contributed by atoms with Crippen molar-refractivity contribution in [2.75, 3.05) is 25.6 Å². The largest absolute Gasteiger partial charge is 0.397 e. The Kier molecular flexibility index (Phi) is 2.92. The van der Waals surface area contributed by atoms with Crippen molar-refractivity contribution >= 4 is 21.4 Å². The summed E-state index contributed by atoms with van der Waals surface area (Å²) in [6, 6.07) is 2.95. The second kappa shape index (κ2) is 3.71. The lowest BCUT2D eigenvalue weighted by Gasteiger charge is -2.14. The normalized spacial score (nSPS) is 12.0. The first-order valence-corrected chi connectivity index (χ1v) is 5.79. The van der Waals surface area contributed by atoms with Gasteiger partial charge in [-0.2, -0.15) is 0 Å². The SMILES string of the molecule is Cc1cc(N)c(N)cc1S(=O)(=O)N(C)C. The van der Waals surface area contributed by atoms with Crippen LogP contribution in [0, 0.1) is 6.92 Å². The van der Waals surface area contributed by atoms with Crippen LogP contribution in [0.2, 0.25) is 0 Å². The van der Waals surface area contributed by atoms with E-state index in [0.29, 0.717) is 11.3 Å². The van der Waals surface area contributed by atoms with Gasteiger partial charge in [0.1, 0.15) is 0 Å². The van der Waals surface area contributed by atoms with Crippen LogP contribution in [0.3, 0.4) is 0 Å². The number of hydrogen-bond donors (Lipinski definition) is 2. The van der Waals surface area contributed by atoms with Gasteiger partial charge in [-0.3, -0.25) is 0 Å². The summed E-state index contributed by atoms with van der Waals surface area (Å²) in [5, 5.41) is 0. The smallest absolute Gasteiger partial charge is 0.242 e. The lowest BCUT2D eigenvalue weighted by atomic mass is 10.2. The molecule has 6 heteroatoms. The predicted octanol–water partition coefficient (Wildman–Crippen LogP) is 0.410. The van der Waals surface area contributed by atoms with Crippen LogP contribution in [0.4, 0.5) is 11.4 Å². The average molecular weight is 229 g/mol. The zero-order valence-electron chi connectivity index (χ0n) is 8.98. The van der Waals surface area contributed by atoms with Crippen molar-refractivity contribution in [3.8, 4) is 0 Å². The Bertz CT molecular complexity index is 480. The van der Waals surface area contributed by atoms with Crippen molar-refractivity contribution in [1.82, 2.24) is 4.31 Å². The number of benzene rings is 1. The molecule has 5 nitrogen and oxygen atoms in total. The Morgan fingerprint density at radius 2 is 1.60 bits per heavy atom. The van der Waals surface area contributed by atoms with Gasteiger partial charge in [0.05, 0.1) is 16.3 Å². The van der Waals surface area contributed by atoms with Gasteiger partial charge in [0.15, 0.2) is 0 Å². The maximum Gasteiger partial charge on any atom is 0.242 e. The van der Waals surface area contributed by atoms with Crippen molar-refractivity contribution in [2.45, 2.75) is 11.8 Å². The molecule has 0 aromatic heterocycles. The van der Waals surface area contributed by atoms with Crippen LogP contribution in [0.25, 0.3) is 0 Å². The third-order valence-electron chi connectivity index (χ3n) is 2.14. The third kappa shape index (κ3) is 2.05. The molecular formula is C9H15N3O2S. The molecule has 0 bridgehead atoms. The molecular weight excluding hydrogens is 214 g/mol. The number of nitrogen functional groups attached to an aromatic ring is 2. The molecule has 4 N–H and O–H groups in total. The average Bonchev–Trinajstić information content (AvgIpc) is 2.10. The predicted molar refractivity (Wildman–Crippen MR) is 60.9 cm³/mol. The summed E-state index contributed by atoms with van der Waals surface area (Å²) < 4.78 is 24.8. The van der Waals surface area contributed by atoms with Gasteiger partial charge in [0.2, 0.25) is 10.0 Å². The summed E-state index contributed by atoms with van der Waals surface area (Å²) >= 11 is 0. The number of sulfonamides is 1. The number of anilines is 2. The molecule has 0 aliphatic carbocycles. The second-order valence-electron chi connectivity index (χ2n) is 3.53. The van der Waals surface area contributed by atoms with Crippen LogP contribution in [-0.2, 0) is 10.0 Å². The summed E-state index contributed by atoms with van der Waals surface area (Å²) in [5.74, 6) is 0. The van der Waals surface area contributed by atoms with Gasteiger partial charge in [0.25, 0.3) is 0 Å². The van der Waals surface area contributed by atoms with Crippen LogP contribution in [0.1, 0.15) is 5.56 Å². The fourth-order valence-electron chi connectivity index (χ4n) is 1.20. The van der Waals surface area contributed by atoms with E-state index in [-0.39, 0.29) is 10.6 Å². The summed E-state index contributed by atoms with van der Waals surface area (Å²) in [6.45, 7) is 1.69. The fourth-order valence-corrected chi connectivity index (χ4v) is 2.34. The molecule has 0 aliphatic heterocycles. The number of nitrogens with two attached hydrogens (primary N) is 2. The molecule has 1 rings (SSSR count). The summed E-state index contributed by atoms with van der Waals surface area (Å²) in [6.07, 6.45) is 0. The van der Waals surface area contributed by atoms with E-state index in [1.807, 2.05) is 0 Å². The molecule has 15 heavy (non-hydrogen) atoms. The van der Waals surface area contributed by atoms with Gasteiger partial charge < -0.3 is 11.5 Å². The zero-order valence-corrected chi connectivity index (χ0v) is 9.80.